The van der Waals surface area contributed by atoms with Crippen LogP contribution >= 0.6 is 11.8 Å². The summed E-state index contributed by atoms with van der Waals surface area (Å²) in [5.41, 5.74) is 2.69. The minimum atomic E-state index is -1.00. The molecule has 4 aliphatic rings. The second-order valence-corrected chi connectivity index (χ2v) is 12.0. The third-order valence-corrected chi connectivity index (χ3v) is 8.74. The number of esters is 1. The molecular formula is C32H29NO8S. The van der Waals surface area contributed by atoms with Gasteiger partial charge in [0.1, 0.15) is 24.9 Å². The van der Waals surface area contributed by atoms with Crippen LogP contribution in [-0.4, -0.2) is 53.9 Å². The molecule has 0 spiro atoms. The first-order chi connectivity index (χ1) is 20.3. The number of nitrogens with zero attached hydrogens (tertiary/aromatic N) is 1. The molecule has 9 nitrogen and oxygen atoms in total. The summed E-state index contributed by atoms with van der Waals surface area (Å²) < 4.78 is 30.3. The van der Waals surface area contributed by atoms with Gasteiger partial charge in [-0.2, -0.15) is 0 Å². The molecule has 1 fully saturated rings. The fourth-order valence-electron chi connectivity index (χ4n) is 5.92. The lowest BCUT2D eigenvalue weighted by Gasteiger charge is -2.46. The Balaban J connectivity index is 1.45. The number of amides is 1. The number of benzene rings is 3. The molecule has 1 saturated heterocycles. The average molecular weight is 588 g/mol. The highest BCUT2D eigenvalue weighted by molar-refractivity contribution is 8.03. The number of fused-ring (bicyclic) bond motifs is 6. The van der Waals surface area contributed by atoms with Gasteiger partial charge >= 0.3 is 5.97 Å². The van der Waals surface area contributed by atoms with Crippen LogP contribution in [0.3, 0.4) is 0 Å². The molecule has 3 aromatic carbocycles. The zero-order valence-corrected chi connectivity index (χ0v) is 24.1. The predicted molar refractivity (Wildman–Crippen MR) is 152 cm³/mol. The van der Waals surface area contributed by atoms with Crippen LogP contribution in [0.1, 0.15) is 42.3 Å². The molecule has 3 aromatic rings. The second kappa shape index (κ2) is 10.5. The Morgan fingerprint density at radius 2 is 1.60 bits per heavy atom. The number of hydrogen-bond donors (Lipinski definition) is 0. The topological polar surface area (TPSA) is 92.8 Å². The van der Waals surface area contributed by atoms with Crippen LogP contribution in [0.4, 0.5) is 0 Å². The summed E-state index contributed by atoms with van der Waals surface area (Å²) in [4.78, 5) is 34.8. The van der Waals surface area contributed by atoms with Gasteiger partial charge < -0.3 is 23.7 Å². The number of rotatable bonds is 6. The first kappa shape index (κ1) is 27.0. The summed E-state index contributed by atoms with van der Waals surface area (Å²) in [5.74, 6) is -0.782. The van der Waals surface area contributed by atoms with Gasteiger partial charge in [0.25, 0.3) is 5.91 Å². The van der Waals surface area contributed by atoms with E-state index in [1.54, 1.807) is 6.07 Å². The number of carbonyl (C=O) groups is 2. The molecule has 3 heterocycles. The predicted octanol–water partition coefficient (Wildman–Crippen LogP) is 5.34. The lowest BCUT2D eigenvalue weighted by molar-refractivity contribution is -0.185. The number of hydrogen-bond acceptors (Lipinski definition) is 9. The number of ether oxygens (including phenoxy) is 5. The van der Waals surface area contributed by atoms with Crippen molar-refractivity contribution in [1.29, 1.82) is 0 Å². The van der Waals surface area contributed by atoms with Crippen molar-refractivity contribution >= 4 is 29.2 Å². The molecule has 0 aromatic heterocycles. The summed E-state index contributed by atoms with van der Waals surface area (Å²) in [6.07, 6.45) is -2.19. The molecule has 3 aliphatic heterocycles. The van der Waals surface area contributed by atoms with Crippen molar-refractivity contribution in [2.24, 2.45) is 0 Å². The fourth-order valence-corrected chi connectivity index (χ4v) is 7.11. The molecule has 7 rings (SSSR count). The summed E-state index contributed by atoms with van der Waals surface area (Å²) >= 11 is 1.47. The van der Waals surface area contributed by atoms with Crippen molar-refractivity contribution < 1.29 is 38.1 Å². The molecule has 0 N–H and O–H groups in total. The van der Waals surface area contributed by atoms with E-state index < -0.39 is 36.1 Å². The van der Waals surface area contributed by atoms with Crippen LogP contribution in [0.15, 0.2) is 82.6 Å². The Labute approximate surface area is 247 Å². The minimum Gasteiger partial charge on any atom is -0.454 e. The number of carbonyl (C=O) groups excluding carboxylic acids is 2. The minimum absolute atomic E-state index is 0.0562. The van der Waals surface area contributed by atoms with E-state index in [1.165, 1.54) is 23.7 Å². The second-order valence-electron chi connectivity index (χ2n) is 10.9. The molecule has 0 radical (unpaired) electrons. The zero-order valence-electron chi connectivity index (χ0n) is 23.3. The maximum absolute atomic E-state index is 14.3. The summed E-state index contributed by atoms with van der Waals surface area (Å²) in [5, 5.41) is 1.39. The first-order valence-corrected chi connectivity index (χ1v) is 14.5. The van der Waals surface area contributed by atoms with Gasteiger partial charge in [0, 0.05) is 22.3 Å². The maximum Gasteiger partial charge on any atom is 0.303 e. The molecule has 4 atom stereocenters. The highest BCUT2D eigenvalue weighted by Gasteiger charge is 2.60. The molecule has 1 aliphatic carbocycles. The van der Waals surface area contributed by atoms with Crippen molar-refractivity contribution in [2.75, 3.05) is 6.79 Å². The van der Waals surface area contributed by atoms with Gasteiger partial charge in [-0.05, 0) is 49.2 Å². The Morgan fingerprint density at radius 1 is 0.952 bits per heavy atom. The third kappa shape index (κ3) is 4.74. The third-order valence-electron chi connectivity index (χ3n) is 7.56. The Bertz CT molecular complexity index is 1570. The van der Waals surface area contributed by atoms with E-state index in [1.807, 2.05) is 80.6 Å². The van der Waals surface area contributed by atoms with Crippen molar-refractivity contribution in [3.05, 3.63) is 94.4 Å². The summed E-state index contributed by atoms with van der Waals surface area (Å²) in [7, 11) is 0. The highest BCUT2D eigenvalue weighted by Crippen LogP contribution is 2.54. The Morgan fingerprint density at radius 3 is 2.29 bits per heavy atom. The Hall–Kier alpha value is -3.83. The standard InChI is InChI=1S/C32H29NO8S/c1-18(34)39-29-28-27(40-32(2,3)41-28)26-25(30(29)42-20-12-8-5-9-13-20)21-14-23-24(37-17-36-23)15-22(21)31(35)33(26)38-16-19-10-6-4-7-11-19/h4-15,26-29H,16-17H2,1-3H3/t26-,27+,28+,29-/m0/s1. The van der Waals surface area contributed by atoms with Crippen LogP contribution in [0, 0.1) is 0 Å². The van der Waals surface area contributed by atoms with Gasteiger partial charge in [-0.1, -0.05) is 60.3 Å². The Kier molecular flexibility index (Phi) is 6.73. The largest absolute Gasteiger partial charge is 0.454 e. The van der Waals surface area contributed by atoms with E-state index in [2.05, 4.69) is 0 Å². The van der Waals surface area contributed by atoms with Gasteiger partial charge in [0.2, 0.25) is 6.79 Å². The average Bonchev–Trinajstić information content (AvgIpc) is 3.57. The zero-order chi connectivity index (χ0) is 29.0. The lowest BCUT2D eigenvalue weighted by atomic mass is 9.79. The van der Waals surface area contributed by atoms with Crippen molar-refractivity contribution in [3.63, 3.8) is 0 Å². The first-order valence-electron chi connectivity index (χ1n) is 13.7. The van der Waals surface area contributed by atoms with Gasteiger partial charge in [-0.3, -0.25) is 14.4 Å². The van der Waals surface area contributed by atoms with Gasteiger partial charge in [0.15, 0.2) is 23.4 Å². The van der Waals surface area contributed by atoms with Crippen LogP contribution in [0.2, 0.25) is 0 Å². The maximum atomic E-state index is 14.3. The molecule has 216 valence electrons. The van der Waals surface area contributed by atoms with E-state index in [0.29, 0.717) is 22.6 Å². The van der Waals surface area contributed by atoms with Crippen molar-refractivity contribution in [1.82, 2.24) is 5.06 Å². The van der Waals surface area contributed by atoms with E-state index >= 15 is 0 Å². The van der Waals surface area contributed by atoms with Crippen molar-refractivity contribution in [2.45, 2.75) is 62.4 Å². The molecule has 42 heavy (non-hydrogen) atoms. The van der Waals surface area contributed by atoms with Crippen LogP contribution < -0.4 is 9.47 Å². The normalized spacial score (nSPS) is 25.1. The summed E-state index contributed by atoms with van der Waals surface area (Å²) in [6, 6.07) is 22.2. The number of hydroxylamine groups is 2. The molecule has 0 unspecified atom stereocenters. The molecule has 10 heteroatoms. The van der Waals surface area contributed by atoms with Crippen molar-refractivity contribution in [3.8, 4) is 11.5 Å². The molecular weight excluding hydrogens is 558 g/mol. The van der Waals surface area contributed by atoms with Gasteiger partial charge in [0.05, 0.1) is 5.56 Å². The van der Waals surface area contributed by atoms with Gasteiger partial charge in [-0.15, -0.1) is 0 Å². The van der Waals surface area contributed by atoms with Crippen LogP contribution in [0.5, 0.6) is 11.5 Å². The van der Waals surface area contributed by atoms with E-state index in [0.717, 1.165) is 20.9 Å². The SMILES string of the molecule is CC(=O)O[C@@H]1C(Sc2ccccc2)=C2c3cc4c(cc3C(=O)N(OCc3ccccc3)[C@@H]2[C@H]2OC(C)(C)O[C@H]21)OCO4. The van der Waals surface area contributed by atoms with E-state index in [9.17, 15) is 9.59 Å². The molecule has 0 saturated carbocycles. The lowest BCUT2D eigenvalue weighted by Crippen LogP contribution is -2.59. The van der Waals surface area contributed by atoms with Crippen LogP contribution in [0.25, 0.3) is 5.57 Å². The smallest absolute Gasteiger partial charge is 0.303 e. The van der Waals surface area contributed by atoms with Crippen LogP contribution in [-0.2, 0) is 30.4 Å². The highest BCUT2D eigenvalue weighted by atomic mass is 32.2. The molecule has 1 amide bonds. The fraction of sp³-hybridized carbons (Fsp3) is 0.312. The van der Waals surface area contributed by atoms with E-state index in [-0.39, 0.29) is 19.3 Å². The number of thioether (sulfide) groups is 1. The quantitative estimate of drug-likeness (QED) is 0.355. The summed E-state index contributed by atoms with van der Waals surface area (Å²) in [6.45, 7) is 5.22. The van der Waals surface area contributed by atoms with E-state index in [4.69, 9.17) is 28.5 Å². The monoisotopic (exact) mass is 587 g/mol. The van der Waals surface area contributed by atoms with Gasteiger partial charge in [-0.25, -0.2) is 5.06 Å². The molecule has 0 bridgehead atoms.